The average molecular weight is 231 g/mol. The van der Waals surface area contributed by atoms with Crippen molar-refractivity contribution >= 4 is 0 Å². The number of unbranched alkanes of at least 4 members (excludes halogenated alkanes) is 2. The first-order valence-electron chi connectivity index (χ1n) is 6.72. The molecule has 16 heavy (non-hydrogen) atoms. The molecule has 0 saturated heterocycles. The predicted molar refractivity (Wildman–Crippen MR) is 68.8 cm³/mol. The molecule has 0 aromatic carbocycles. The highest BCUT2D eigenvalue weighted by atomic mass is 16.5. The van der Waals surface area contributed by atoms with E-state index in [-0.39, 0.29) is 6.10 Å². The van der Waals surface area contributed by atoms with Gasteiger partial charge in [0.15, 0.2) is 0 Å². The highest BCUT2D eigenvalue weighted by Gasteiger charge is 2.09. The maximum Gasteiger partial charge on any atom is 0.0900 e. The second-order valence-electron chi connectivity index (χ2n) is 4.33. The fourth-order valence-electron chi connectivity index (χ4n) is 1.58. The molecule has 1 N–H and O–H groups in total. The molecule has 0 fully saturated rings. The molecule has 0 aromatic rings. The Labute approximate surface area is 101 Å². The molecule has 0 aliphatic rings. The van der Waals surface area contributed by atoms with Gasteiger partial charge in [-0.05, 0) is 25.9 Å². The van der Waals surface area contributed by atoms with Gasteiger partial charge in [-0.2, -0.15) is 0 Å². The molecule has 1 unspecified atom stereocenters. The smallest absolute Gasteiger partial charge is 0.0900 e. The number of ether oxygens (including phenoxy) is 1. The first kappa shape index (κ1) is 15.9. The lowest BCUT2D eigenvalue weighted by atomic mass is 10.3. The lowest BCUT2D eigenvalue weighted by Gasteiger charge is -2.23. The zero-order chi connectivity index (χ0) is 12.2. The molecule has 0 radical (unpaired) electrons. The van der Waals surface area contributed by atoms with Crippen molar-refractivity contribution in [3.63, 3.8) is 0 Å². The van der Waals surface area contributed by atoms with Crippen molar-refractivity contribution in [2.24, 2.45) is 0 Å². The third-order valence-electron chi connectivity index (χ3n) is 2.70. The SMILES string of the molecule is CCCCOCC(O)CN(CC)CCCC. The van der Waals surface area contributed by atoms with Crippen LogP contribution in [0.3, 0.4) is 0 Å². The van der Waals surface area contributed by atoms with E-state index < -0.39 is 0 Å². The Kier molecular flexibility index (Phi) is 11.3. The lowest BCUT2D eigenvalue weighted by Crippen LogP contribution is -2.35. The van der Waals surface area contributed by atoms with Gasteiger partial charge >= 0.3 is 0 Å². The minimum atomic E-state index is -0.339. The van der Waals surface area contributed by atoms with Crippen LogP contribution in [0.15, 0.2) is 0 Å². The third-order valence-corrected chi connectivity index (χ3v) is 2.70. The summed E-state index contributed by atoms with van der Waals surface area (Å²) in [4.78, 5) is 2.29. The Morgan fingerprint density at radius 3 is 2.38 bits per heavy atom. The van der Waals surface area contributed by atoms with E-state index in [4.69, 9.17) is 4.74 Å². The van der Waals surface area contributed by atoms with Crippen LogP contribution in [0.2, 0.25) is 0 Å². The third kappa shape index (κ3) is 9.13. The lowest BCUT2D eigenvalue weighted by molar-refractivity contribution is 0.0164. The zero-order valence-corrected chi connectivity index (χ0v) is 11.2. The normalized spacial score (nSPS) is 13.3. The Balaban J connectivity index is 3.53. The van der Waals surface area contributed by atoms with E-state index in [9.17, 15) is 5.11 Å². The molecule has 1 atom stereocenters. The van der Waals surface area contributed by atoms with Crippen molar-refractivity contribution in [3.8, 4) is 0 Å². The molecule has 0 aliphatic carbocycles. The summed E-state index contributed by atoms with van der Waals surface area (Å²) in [7, 11) is 0. The van der Waals surface area contributed by atoms with Crippen LogP contribution in [0.1, 0.15) is 46.5 Å². The maximum absolute atomic E-state index is 9.78. The molecule has 3 nitrogen and oxygen atoms in total. The van der Waals surface area contributed by atoms with Gasteiger partial charge in [-0.1, -0.05) is 33.6 Å². The molecule has 3 heteroatoms. The monoisotopic (exact) mass is 231 g/mol. The van der Waals surface area contributed by atoms with Crippen LogP contribution >= 0.6 is 0 Å². The van der Waals surface area contributed by atoms with Gasteiger partial charge < -0.3 is 14.7 Å². The quantitative estimate of drug-likeness (QED) is 0.554. The van der Waals surface area contributed by atoms with Crippen molar-refractivity contribution in [2.45, 2.75) is 52.6 Å². The predicted octanol–water partition coefficient (Wildman–Crippen LogP) is 2.29. The van der Waals surface area contributed by atoms with Gasteiger partial charge in [-0.25, -0.2) is 0 Å². The van der Waals surface area contributed by atoms with E-state index in [1.165, 1.54) is 12.8 Å². The molecule has 0 aromatic heterocycles. The van der Waals surface area contributed by atoms with Crippen LogP contribution in [-0.4, -0.2) is 49.0 Å². The number of nitrogens with zero attached hydrogens (tertiary/aromatic N) is 1. The van der Waals surface area contributed by atoms with E-state index in [1.807, 2.05) is 0 Å². The summed E-state index contributed by atoms with van der Waals surface area (Å²) < 4.78 is 5.41. The first-order chi connectivity index (χ1) is 7.74. The second-order valence-corrected chi connectivity index (χ2v) is 4.33. The number of hydrogen-bond donors (Lipinski definition) is 1. The van der Waals surface area contributed by atoms with E-state index in [1.54, 1.807) is 0 Å². The Bertz CT molecular complexity index is 142. The van der Waals surface area contributed by atoms with Crippen molar-refractivity contribution in [2.75, 3.05) is 32.8 Å². The van der Waals surface area contributed by atoms with Crippen LogP contribution in [0.4, 0.5) is 0 Å². The Morgan fingerprint density at radius 1 is 1.12 bits per heavy atom. The second kappa shape index (κ2) is 11.4. The molecule has 0 heterocycles. The van der Waals surface area contributed by atoms with Crippen LogP contribution < -0.4 is 0 Å². The summed E-state index contributed by atoms with van der Waals surface area (Å²) in [5.74, 6) is 0. The number of aliphatic hydroxyl groups is 1. The molecule has 0 saturated carbocycles. The molecule has 0 spiro atoms. The van der Waals surface area contributed by atoms with Crippen molar-refractivity contribution < 1.29 is 9.84 Å². The summed E-state index contributed by atoms with van der Waals surface area (Å²) in [5, 5.41) is 9.78. The van der Waals surface area contributed by atoms with Gasteiger partial charge in [0.05, 0.1) is 12.7 Å². The fourth-order valence-corrected chi connectivity index (χ4v) is 1.58. The minimum absolute atomic E-state index is 0.339. The van der Waals surface area contributed by atoms with Crippen molar-refractivity contribution in [3.05, 3.63) is 0 Å². The first-order valence-corrected chi connectivity index (χ1v) is 6.72. The summed E-state index contributed by atoms with van der Waals surface area (Å²) in [6, 6.07) is 0. The molecule has 0 aliphatic heterocycles. The van der Waals surface area contributed by atoms with E-state index in [0.717, 1.165) is 39.1 Å². The van der Waals surface area contributed by atoms with Crippen LogP contribution in [0.5, 0.6) is 0 Å². The zero-order valence-electron chi connectivity index (χ0n) is 11.2. The van der Waals surface area contributed by atoms with Gasteiger partial charge in [0.25, 0.3) is 0 Å². The molecule has 0 rings (SSSR count). The van der Waals surface area contributed by atoms with Crippen LogP contribution in [-0.2, 0) is 4.74 Å². The van der Waals surface area contributed by atoms with Gasteiger partial charge in [0.1, 0.15) is 0 Å². The highest BCUT2D eigenvalue weighted by molar-refractivity contribution is 4.62. The summed E-state index contributed by atoms with van der Waals surface area (Å²) in [6.07, 6.45) is 4.30. The topological polar surface area (TPSA) is 32.7 Å². The van der Waals surface area contributed by atoms with E-state index >= 15 is 0 Å². The van der Waals surface area contributed by atoms with Crippen LogP contribution in [0, 0.1) is 0 Å². The average Bonchev–Trinajstić information content (AvgIpc) is 2.30. The summed E-state index contributed by atoms with van der Waals surface area (Å²) in [5.41, 5.74) is 0. The summed E-state index contributed by atoms with van der Waals surface area (Å²) >= 11 is 0. The van der Waals surface area contributed by atoms with E-state index in [0.29, 0.717) is 6.61 Å². The molecular weight excluding hydrogens is 202 g/mol. The molecule has 98 valence electrons. The highest BCUT2D eigenvalue weighted by Crippen LogP contribution is 1.98. The fraction of sp³-hybridized carbons (Fsp3) is 1.00. The maximum atomic E-state index is 9.78. The molecular formula is C13H29NO2. The standard InChI is InChI=1S/C13H29NO2/c1-4-7-9-14(6-3)11-13(15)12-16-10-8-5-2/h13,15H,4-12H2,1-3H3. The van der Waals surface area contributed by atoms with Gasteiger partial charge in [0, 0.05) is 13.2 Å². The van der Waals surface area contributed by atoms with E-state index in [2.05, 4.69) is 25.7 Å². The molecule has 0 amide bonds. The largest absolute Gasteiger partial charge is 0.389 e. The summed E-state index contributed by atoms with van der Waals surface area (Å²) in [6.45, 7) is 10.5. The van der Waals surface area contributed by atoms with Crippen LogP contribution in [0.25, 0.3) is 0 Å². The van der Waals surface area contributed by atoms with Gasteiger partial charge in [-0.15, -0.1) is 0 Å². The minimum Gasteiger partial charge on any atom is -0.389 e. The van der Waals surface area contributed by atoms with Gasteiger partial charge in [0.2, 0.25) is 0 Å². The number of hydrogen-bond acceptors (Lipinski definition) is 3. The number of likely N-dealkylation sites (N-methyl/N-ethyl adjacent to an activating group) is 1. The van der Waals surface area contributed by atoms with Gasteiger partial charge in [-0.3, -0.25) is 0 Å². The molecule has 0 bridgehead atoms. The number of rotatable bonds is 11. The van der Waals surface area contributed by atoms with Crippen molar-refractivity contribution in [1.82, 2.24) is 4.90 Å². The Hall–Kier alpha value is -0.120. The number of aliphatic hydroxyl groups excluding tert-OH is 1. The Morgan fingerprint density at radius 2 is 1.81 bits per heavy atom. The van der Waals surface area contributed by atoms with Crippen molar-refractivity contribution in [1.29, 1.82) is 0 Å².